The second kappa shape index (κ2) is 12.1. The minimum absolute atomic E-state index is 0. The van der Waals surface area contributed by atoms with Crippen LogP contribution in [0.2, 0.25) is 0 Å². The Morgan fingerprint density at radius 2 is 2.00 bits per heavy atom. The fourth-order valence-electron chi connectivity index (χ4n) is 3.36. The maximum atomic E-state index is 10.5. The van der Waals surface area contributed by atoms with Gasteiger partial charge in [0.1, 0.15) is 12.4 Å². The molecule has 2 saturated heterocycles. The smallest absolute Gasteiger partial charge is 0.194 e. The molecule has 2 fully saturated rings. The van der Waals surface area contributed by atoms with Crippen molar-refractivity contribution in [3.05, 3.63) is 30.3 Å². The molecule has 1 aromatic rings. The van der Waals surface area contributed by atoms with Crippen LogP contribution in [0.3, 0.4) is 0 Å². The van der Waals surface area contributed by atoms with Crippen molar-refractivity contribution in [1.29, 1.82) is 0 Å². The van der Waals surface area contributed by atoms with Crippen molar-refractivity contribution >= 4 is 41.7 Å². The molecule has 2 N–H and O–H groups in total. The van der Waals surface area contributed by atoms with Crippen LogP contribution in [0.5, 0.6) is 5.75 Å². The SMILES string of the molecule is CCNC(=NCC1(O)CCSC1)N1CCN(CCOc2ccccc2)CC1.I. The average Bonchev–Trinajstić information content (AvgIpc) is 3.13. The highest BCUT2D eigenvalue weighted by Gasteiger charge is 2.32. The maximum Gasteiger partial charge on any atom is 0.194 e. The summed E-state index contributed by atoms with van der Waals surface area (Å²) < 4.78 is 5.81. The fraction of sp³-hybridized carbons (Fsp3) is 0.650. The van der Waals surface area contributed by atoms with Crippen molar-refractivity contribution < 1.29 is 9.84 Å². The molecule has 0 bridgehead atoms. The molecule has 3 rings (SSSR count). The third-order valence-corrected chi connectivity index (χ3v) is 6.27. The molecule has 1 atom stereocenters. The van der Waals surface area contributed by atoms with Crippen LogP contribution in [-0.4, -0.2) is 90.4 Å². The van der Waals surface area contributed by atoms with E-state index < -0.39 is 5.60 Å². The summed E-state index contributed by atoms with van der Waals surface area (Å²) in [5.41, 5.74) is -0.623. The van der Waals surface area contributed by atoms with Crippen LogP contribution in [0.4, 0.5) is 0 Å². The van der Waals surface area contributed by atoms with Crippen LogP contribution in [0.1, 0.15) is 13.3 Å². The summed E-state index contributed by atoms with van der Waals surface area (Å²) in [5, 5.41) is 13.9. The maximum absolute atomic E-state index is 10.5. The Balaban J connectivity index is 0.00000280. The number of aliphatic imine (C=N–C) groups is 1. The Labute approximate surface area is 190 Å². The van der Waals surface area contributed by atoms with Crippen molar-refractivity contribution in [3.8, 4) is 5.75 Å². The Bertz CT molecular complexity index is 591. The molecule has 28 heavy (non-hydrogen) atoms. The van der Waals surface area contributed by atoms with Gasteiger partial charge in [-0.1, -0.05) is 18.2 Å². The van der Waals surface area contributed by atoms with Crippen LogP contribution in [-0.2, 0) is 0 Å². The van der Waals surface area contributed by atoms with E-state index in [4.69, 9.17) is 9.73 Å². The summed E-state index contributed by atoms with van der Waals surface area (Å²) in [6.45, 7) is 8.98. The van der Waals surface area contributed by atoms with Crippen LogP contribution < -0.4 is 10.1 Å². The first kappa shape index (κ1) is 23.6. The molecule has 1 aromatic carbocycles. The molecule has 6 nitrogen and oxygen atoms in total. The number of ether oxygens (including phenoxy) is 1. The Kier molecular flexibility index (Phi) is 10.2. The molecule has 0 amide bonds. The zero-order chi connectivity index (χ0) is 19.0. The van der Waals surface area contributed by atoms with Crippen LogP contribution in [0.15, 0.2) is 35.3 Å². The lowest BCUT2D eigenvalue weighted by Crippen LogP contribution is -2.53. The summed E-state index contributed by atoms with van der Waals surface area (Å²) in [6, 6.07) is 9.98. The van der Waals surface area contributed by atoms with E-state index in [1.54, 1.807) is 0 Å². The zero-order valence-corrected chi connectivity index (χ0v) is 19.8. The Hall–Kier alpha value is -0.710. The van der Waals surface area contributed by atoms with Crippen molar-refractivity contribution in [2.45, 2.75) is 18.9 Å². The summed E-state index contributed by atoms with van der Waals surface area (Å²) in [7, 11) is 0. The number of para-hydroxylation sites is 1. The van der Waals surface area contributed by atoms with E-state index in [0.29, 0.717) is 13.2 Å². The van der Waals surface area contributed by atoms with Gasteiger partial charge in [0.05, 0.1) is 12.1 Å². The van der Waals surface area contributed by atoms with Gasteiger partial charge in [-0.15, -0.1) is 24.0 Å². The minimum Gasteiger partial charge on any atom is -0.492 e. The Morgan fingerprint density at radius 1 is 1.25 bits per heavy atom. The molecular formula is C20H33IN4O2S. The first-order valence-electron chi connectivity index (χ1n) is 9.92. The summed E-state index contributed by atoms with van der Waals surface area (Å²) >= 11 is 1.82. The molecule has 158 valence electrons. The van der Waals surface area contributed by atoms with Gasteiger partial charge < -0.3 is 20.1 Å². The van der Waals surface area contributed by atoms with Gasteiger partial charge in [-0.3, -0.25) is 9.89 Å². The summed E-state index contributed by atoms with van der Waals surface area (Å²) in [4.78, 5) is 9.49. The molecule has 2 aliphatic rings. The minimum atomic E-state index is -0.623. The number of thioether (sulfide) groups is 1. The number of rotatable bonds is 7. The number of nitrogens with zero attached hydrogens (tertiary/aromatic N) is 3. The number of aliphatic hydroxyl groups is 1. The third kappa shape index (κ3) is 7.27. The molecule has 1 unspecified atom stereocenters. The first-order chi connectivity index (χ1) is 13.2. The molecule has 0 aromatic heterocycles. The molecule has 8 heteroatoms. The van der Waals surface area contributed by atoms with Gasteiger partial charge in [0.25, 0.3) is 0 Å². The highest BCUT2D eigenvalue weighted by molar-refractivity contribution is 14.0. The van der Waals surface area contributed by atoms with E-state index in [1.807, 2.05) is 42.1 Å². The van der Waals surface area contributed by atoms with Gasteiger partial charge in [-0.25, -0.2) is 0 Å². The third-order valence-electron chi connectivity index (χ3n) is 5.03. The van der Waals surface area contributed by atoms with E-state index in [9.17, 15) is 5.11 Å². The molecule has 2 aliphatic heterocycles. The lowest BCUT2D eigenvalue weighted by Gasteiger charge is -2.36. The zero-order valence-electron chi connectivity index (χ0n) is 16.7. The standard InChI is InChI=1S/C20H32N4O2S.HI/c1-2-21-19(22-16-20(25)8-15-27-17-20)24-11-9-23(10-12-24)13-14-26-18-6-4-3-5-7-18;/h3-7,25H,2,8-17H2,1H3,(H,21,22);1H. The Morgan fingerprint density at radius 3 is 2.64 bits per heavy atom. The number of guanidine groups is 1. The molecule has 0 spiro atoms. The van der Waals surface area contributed by atoms with Crippen molar-refractivity contribution in [2.75, 3.05) is 63.9 Å². The predicted molar refractivity (Wildman–Crippen MR) is 128 cm³/mol. The number of piperazine rings is 1. The predicted octanol–water partition coefficient (Wildman–Crippen LogP) is 2.13. The van der Waals surface area contributed by atoms with Crippen LogP contribution in [0.25, 0.3) is 0 Å². The van der Waals surface area contributed by atoms with Crippen LogP contribution >= 0.6 is 35.7 Å². The summed E-state index contributed by atoms with van der Waals surface area (Å²) in [5.74, 6) is 3.70. The van der Waals surface area contributed by atoms with Gasteiger partial charge >= 0.3 is 0 Å². The lowest BCUT2D eigenvalue weighted by atomic mass is 10.0. The monoisotopic (exact) mass is 520 g/mol. The van der Waals surface area contributed by atoms with Gasteiger partial charge in [0.15, 0.2) is 5.96 Å². The lowest BCUT2D eigenvalue weighted by molar-refractivity contribution is 0.0772. The average molecular weight is 520 g/mol. The van der Waals surface area contributed by atoms with Gasteiger partial charge in [0.2, 0.25) is 0 Å². The fourth-order valence-corrected chi connectivity index (χ4v) is 4.65. The van der Waals surface area contributed by atoms with E-state index in [0.717, 1.165) is 68.9 Å². The van der Waals surface area contributed by atoms with E-state index >= 15 is 0 Å². The molecule has 2 heterocycles. The first-order valence-corrected chi connectivity index (χ1v) is 11.1. The van der Waals surface area contributed by atoms with Crippen LogP contribution in [0, 0.1) is 0 Å². The number of benzene rings is 1. The number of halogens is 1. The second-order valence-corrected chi connectivity index (χ2v) is 8.29. The second-order valence-electron chi connectivity index (χ2n) is 7.19. The topological polar surface area (TPSA) is 60.3 Å². The van der Waals surface area contributed by atoms with Gasteiger partial charge in [-0.05, 0) is 31.2 Å². The quantitative estimate of drug-likeness (QED) is 0.327. The van der Waals surface area contributed by atoms with Crippen molar-refractivity contribution in [2.24, 2.45) is 4.99 Å². The van der Waals surface area contributed by atoms with Crippen molar-refractivity contribution in [1.82, 2.24) is 15.1 Å². The molecular weight excluding hydrogens is 487 g/mol. The van der Waals surface area contributed by atoms with E-state index in [2.05, 4.69) is 22.0 Å². The normalized spacial score (nSPS) is 23.4. The summed E-state index contributed by atoms with van der Waals surface area (Å²) in [6.07, 6.45) is 0.843. The van der Waals surface area contributed by atoms with Gasteiger partial charge in [0, 0.05) is 45.0 Å². The molecule has 0 saturated carbocycles. The van der Waals surface area contributed by atoms with E-state index in [1.165, 1.54) is 0 Å². The number of hydrogen-bond acceptors (Lipinski definition) is 5. The van der Waals surface area contributed by atoms with E-state index in [-0.39, 0.29) is 24.0 Å². The highest BCUT2D eigenvalue weighted by atomic mass is 127. The number of hydrogen-bond donors (Lipinski definition) is 2. The van der Waals surface area contributed by atoms with Crippen molar-refractivity contribution in [3.63, 3.8) is 0 Å². The molecule has 0 aliphatic carbocycles. The molecule has 0 radical (unpaired) electrons. The largest absolute Gasteiger partial charge is 0.492 e. The number of nitrogens with one attached hydrogen (secondary N) is 1. The van der Waals surface area contributed by atoms with Gasteiger partial charge in [-0.2, -0.15) is 11.8 Å². The highest BCUT2D eigenvalue weighted by Crippen LogP contribution is 2.28.